The number of hydrogen-bond acceptors (Lipinski definition) is 5. The molecular weight excluding hydrogens is 462 g/mol. The number of phenols is 2. The normalized spacial score (nSPS) is 11.5. The second-order valence-corrected chi connectivity index (χ2v) is 9.59. The lowest BCUT2D eigenvalue weighted by Crippen LogP contribution is -2.27. The summed E-state index contributed by atoms with van der Waals surface area (Å²) in [6.45, 7) is 7.91. The minimum atomic E-state index is -0.0406. The third-order valence-corrected chi connectivity index (χ3v) is 6.57. The molecule has 0 aliphatic carbocycles. The van der Waals surface area contributed by atoms with Gasteiger partial charge in [0.15, 0.2) is 0 Å². The van der Waals surface area contributed by atoms with E-state index in [1.165, 1.54) is 44.8 Å². The summed E-state index contributed by atoms with van der Waals surface area (Å²) in [5.74, 6) is 0.0797. The number of fused-ring (bicyclic) bond motifs is 1. The molecule has 0 spiro atoms. The van der Waals surface area contributed by atoms with Crippen LogP contribution in [0.15, 0.2) is 59.6 Å². The molecule has 37 heavy (non-hydrogen) atoms. The monoisotopic (exact) mass is 503 g/mol. The Morgan fingerprint density at radius 2 is 1.57 bits per heavy atom. The Hall–Kier alpha value is -3.38. The van der Waals surface area contributed by atoms with Crippen molar-refractivity contribution in [3.63, 3.8) is 0 Å². The maximum absolute atomic E-state index is 12.5. The van der Waals surface area contributed by atoms with Crippen LogP contribution < -0.4 is 5.32 Å². The Balaban J connectivity index is 1.52. The molecule has 0 saturated carbocycles. The summed E-state index contributed by atoms with van der Waals surface area (Å²) in [4.78, 5) is 19.5. The van der Waals surface area contributed by atoms with Gasteiger partial charge in [-0.2, -0.15) is 0 Å². The fourth-order valence-electron chi connectivity index (χ4n) is 4.38. The van der Waals surface area contributed by atoms with Gasteiger partial charge in [-0.25, -0.2) is 0 Å². The van der Waals surface area contributed by atoms with Crippen molar-refractivity contribution in [2.75, 3.05) is 25.0 Å². The Kier molecular flexibility index (Phi) is 11.4. The van der Waals surface area contributed by atoms with E-state index in [2.05, 4.69) is 29.1 Å². The SMILES string of the molecule is CCCCN(CCCC)CCCCCC(=O)Nc1ccc(O)c(N=Cc2c(O)ccc3ccccc23)c1. The number of unbranched alkanes of at least 4 members (excludes halogenated alkanes) is 4. The van der Waals surface area contributed by atoms with Crippen LogP contribution in [0.3, 0.4) is 0 Å². The predicted molar refractivity (Wildman–Crippen MR) is 154 cm³/mol. The molecule has 0 unspecified atom stereocenters. The van der Waals surface area contributed by atoms with Crippen LogP contribution in [0.5, 0.6) is 11.5 Å². The van der Waals surface area contributed by atoms with Crippen molar-refractivity contribution >= 4 is 34.3 Å². The molecule has 3 N–H and O–H groups in total. The van der Waals surface area contributed by atoms with Gasteiger partial charge >= 0.3 is 0 Å². The topological polar surface area (TPSA) is 85.2 Å². The zero-order chi connectivity index (χ0) is 26.5. The first-order valence-corrected chi connectivity index (χ1v) is 13.6. The van der Waals surface area contributed by atoms with Crippen LogP contribution in [-0.4, -0.2) is 46.9 Å². The molecule has 1 amide bonds. The fourth-order valence-corrected chi connectivity index (χ4v) is 4.38. The van der Waals surface area contributed by atoms with Crippen LogP contribution in [-0.2, 0) is 4.79 Å². The van der Waals surface area contributed by atoms with Crippen molar-refractivity contribution in [3.05, 3.63) is 60.2 Å². The molecule has 3 aromatic carbocycles. The molecule has 0 aromatic heterocycles. The predicted octanol–water partition coefficient (Wildman–Crippen LogP) is 7.40. The van der Waals surface area contributed by atoms with Crippen molar-refractivity contribution in [2.45, 2.75) is 65.2 Å². The molecule has 6 heteroatoms. The third kappa shape index (κ3) is 8.90. The van der Waals surface area contributed by atoms with Gasteiger partial charge in [-0.3, -0.25) is 9.79 Å². The van der Waals surface area contributed by atoms with E-state index >= 15 is 0 Å². The third-order valence-electron chi connectivity index (χ3n) is 6.57. The summed E-state index contributed by atoms with van der Waals surface area (Å²) in [5, 5.41) is 25.4. The van der Waals surface area contributed by atoms with Gasteiger partial charge in [-0.05, 0) is 80.4 Å². The molecule has 3 aromatic rings. The largest absolute Gasteiger partial charge is 0.507 e. The first kappa shape index (κ1) is 28.2. The number of benzene rings is 3. The minimum Gasteiger partial charge on any atom is -0.507 e. The Morgan fingerprint density at radius 3 is 2.32 bits per heavy atom. The Bertz CT molecular complexity index is 1170. The molecule has 0 heterocycles. The zero-order valence-corrected chi connectivity index (χ0v) is 22.2. The quantitative estimate of drug-likeness (QED) is 0.115. The van der Waals surface area contributed by atoms with Gasteiger partial charge in [-0.15, -0.1) is 0 Å². The number of anilines is 1. The lowest BCUT2D eigenvalue weighted by molar-refractivity contribution is -0.116. The first-order valence-electron chi connectivity index (χ1n) is 13.6. The molecule has 0 saturated heterocycles. The highest BCUT2D eigenvalue weighted by molar-refractivity contribution is 6.03. The second kappa shape index (κ2) is 15.0. The zero-order valence-electron chi connectivity index (χ0n) is 22.2. The summed E-state index contributed by atoms with van der Waals surface area (Å²) in [6.07, 6.45) is 9.93. The highest BCUT2D eigenvalue weighted by Gasteiger charge is 2.09. The van der Waals surface area contributed by atoms with Crippen LogP contribution in [0.25, 0.3) is 10.8 Å². The number of hydrogen-bond donors (Lipinski definition) is 3. The van der Waals surface area contributed by atoms with Gasteiger partial charge in [-0.1, -0.05) is 63.4 Å². The standard InChI is InChI=1S/C31H41N3O3/c1-3-5-19-34(20-6-4-2)21-11-7-8-14-31(37)33-25-16-18-30(36)28(22-25)32-23-27-26-13-10-9-12-24(26)15-17-29(27)35/h9-10,12-13,15-18,22-23,35-36H,3-8,11,14,19-21H2,1-2H3,(H,33,37). The van der Waals surface area contributed by atoms with E-state index in [4.69, 9.17) is 0 Å². The number of aromatic hydroxyl groups is 2. The molecule has 0 radical (unpaired) electrons. The second-order valence-electron chi connectivity index (χ2n) is 9.59. The molecule has 0 bridgehead atoms. The van der Waals surface area contributed by atoms with Crippen LogP contribution in [0.1, 0.15) is 70.8 Å². The van der Waals surface area contributed by atoms with Gasteiger partial charge in [0.05, 0.1) is 0 Å². The van der Waals surface area contributed by atoms with E-state index in [0.29, 0.717) is 23.4 Å². The van der Waals surface area contributed by atoms with Crippen molar-refractivity contribution in [1.29, 1.82) is 0 Å². The number of carbonyl (C=O) groups is 1. The fraction of sp³-hybridized carbons (Fsp3) is 0.419. The molecule has 0 atom stereocenters. The molecule has 6 nitrogen and oxygen atoms in total. The number of nitrogens with zero attached hydrogens (tertiary/aromatic N) is 2. The lowest BCUT2D eigenvalue weighted by atomic mass is 10.0. The molecule has 3 rings (SSSR count). The summed E-state index contributed by atoms with van der Waals surface area (Å²) in [6, 6.07) is 16.0. The van der Waals surface area contributed by atoms with E-state index in [9.17, 15) is 15.0 Å². The minimum absolute atomic E-state index is 0.00433. The molecular formula is C31H41N3O3. The molecule has 0 aliphatic rings. The van der Waals surface area contributed by atoms with Gasteiger partial charge in [0.2, 0.25) is 5.91 Å². The van der Waals surface area contributed by atoms with Gasteiger partial charge in [0, 0.05) is 23.9 Å². The van der Waals surface area contributed by atoms with Crippen molar-refractivity contribution < 1.29 is 15.0 Å². The molecule has 198 valence electrons. The number of carbonyl (C=O) groups excluding carboxylic acids is 1. The summed E-state index contributed by atoms with van der Waals surface area (Å²) >= 11 is 0. The van der Waals surface area contributed by atoms with E-state index in [-0.39, 0.29) is 17.4 Å². The number of amides is 1. The van der Waals surface area contributed by atoms with Crippen molar-refractivity contribution in [1.82, 2.24) is 4.90 Å². The summed E-state index contributed by atoms with van der Waals surface area (Å²) in [5.41, 5.74) is 1.49. The summed E-state index contributed by atoms with van der Waals surface area (Å²) in [7, 11) is 0. The van der Waals surface area contributed by atoms with Crippen LogP contribution >= 0.6 is 0 Å². The van der Waals surface area contributed by atoms with Gasteiger partial charge in [0.1, 0.15) is 17.2 Å². The van der Waals surface area contributed by atoms with E-state index in [1.54, 1.807) is 24.4 Å². The van der Waals surface area contributed by atoms with Gasteiger partial charge in [0.25, 0.3) is 0 Å². The van der Waals surface area contributed by atoms with Gasteiger partial charge < -0.3 is 20.4 Å². The van der Waals surface area contributed by atoms with Crippen molar-refractivity contribution in [2.24, 2.45) is 4.99 Å². The highest BCUT2D eigenvalue weighted by Crippen LogP contribution is 2.31. The maximum atomic E-state index is 12.5. The molecule has 0 aliphatic heterocycles. The van der Waals surface area contributed by atoms with E-state index in [1.807, 2.05) is 30.3 Å². The number of aliphatic imine (C=N–C) groups is 1. The Morgan fingerprint density at radius 1 is 0.865 bits per heavy atom. The average Bonchev–Trinajstić information content (AvgIpc) is 2.90. The molecule has 0 fully saturated rings. The lowest BCUT2D eigenvalue weighted by Gasteiger charge is -2.21. The average molecular weight is 504 g/mol. The number of phenolic OH excluding ortho intramolecular Hbond substituents is 2. The number of rotatable bonds is 15. The van der Waals surface area contributed by atoms with Crippen molar-refractivity contribution in [3.8, 4) is 11.5 Å². The number of nitrogens with one attached hydrogen (secondary N) is 1. The van der Waals surface area contributed by atoms with Crippen LogP contribution in [0, 0.1) is 0 Å². The first-order chi connectivity index (χ1) is 18.0. The van der Waals surface area contributed by atoms with Crippen LogP contribution in [0.2, 0.25) is 0 Å². The maximum Gasteiger partial charge on any atom is 0.224 e. The highest BCUT2D eigenvalue weighted by atomic mass is 16.3. The van der Waals surface area contributed by atoms with Crippen LogP contribution in [0.4, 0.5) is 11.4 Å². The Labute approximate surface area is 221 Å². The smallest absolute Gasteiger partial charge is 0.224 e. The van der Waals surface area contributed by atoms with E-state index in [0.717, 1.165) is 36.6 Å². The summed E-state index contributed by atoms with van der Waals surface area (Å²) < 4.78 is 0. The van der Waals surface area contributed by atoms with E-state index < -0.39 is 0 Å².